The molecule has 5 nitrogen and oxygen atoms in total. The van der Waals surface area contributed by atoms with Gasteiger partial charge in [-0.1, -0.05) is 19.8 Å². The second-order valence-electron chi connectivity index (χ2n) is 6.25. The minimum atomic E-state index is -0.737. The molecule has 0 atom stereocenters. The molecule has 0 aliphatic carbocycles. The molecular weight excluding hydrogens is 292 g/mol. The predicted molar refractivity (Wildman–Crippen MR) is 93.3 cm³/mol. The van der Waals surface area contributed by atoms with Crippen molar-refractivity contribution in [3.63, 3.8) is 0 Å². The van der Waals surface area contributed by atoms with Gasteiger partial charge in [0.25, 0.3) is 5.91 Å². The Labute approximate surface area is 138 Å². The monoisotopic (exact) mass is 318 g/mol. The fraction of sp³-hybridized carbons (Fsp3) is 0.500. The van der Waals surface area contributed by atoms with E-state index in [2.05, 4.69) is 30.4 Å². The molecule has 0 saturated heterocycles. The number of anilines is 1. The number of terminal acetylenes is 1. The van der Waals surface area contributed by atoms with E-state index in [0.717, 1.165) is 6.54 Å². The van der Waals surface area contributed by atoms with E-state index in [9.17, 15) is 4.79 Å². The number of amides is 1. The number of methoxy groups -OCH3 is 2. The maximum absolute atomic E-state index is 12.6. The van der Waals surface area contributed by atoms with Crippen molar-refractivity contribution in [2.45, 2.75) is 33.2 Å². The van der Waals surface area contributed by atoms with Gasteiger partial charge < -0.3 is 20.1 Å². The van der Waals surface area contributed by atoms with Gasteiger partial charge in [-0.25, -0.2) is 0 Å². The van der Waals surface area contributed by atoms with Crippen LogP contribution in [-0.2, 0) is 0 Å². The lowest BCUT2D eigenvalue weighted by atomic mass is 10.0. The van der Waals surface area contributed by atoms with Crippen LogP contribution in [0.15, 0.2) is 12.1 Å². The van der Waals surface area contributed by atoms with Gasteiger partial charge in [0, 0.05) is 12.6 Å². The first-order chi connectivity index (χ1) is 10.7. The van der Waals surface area contributed by atoms with Crippen molar-refractivity contribution in [1.29, 1.82) is 0 Å². The van der Waals surface area contributed by atoms with Crippen molar-refractivity contribution in [1.82, 2.24) is 5.32 Å². The quantitative estimate of drug-likeness (QED) is 0.759. The molecule has 1 rings (SSSR count). The first-order valence-corrected chi connectivity index (χ1v) is 7.54. The number of nitrogens with one attached hydrogen (secondary N) is 2. The normalized spacial score (nSPS) is 10.9. The third-order valence-corrected chi connectivity index (χ3v) is 3.26. The van der Waals surface area contributed by atoms with Crippen molar-refractivity contribution in [2.75, 3.05) is 26.1 Å². The maximum atomic E-state index is 12.6. The lowest BCUT2D eigenvalue weighted by Gasteiger charge is -2.22. The summed E-state index contributed by atoms with van der Waals surface area (Å²) in [5.74, 6) is 3.78. The molecule has 0 spiro atoms. The fourth-order valence-electron chi connectivity index (χ4n) is 1.91. The molecule has 0 aromatic heterocycles. The standard InChI is InChI=1S/C18H26N2O3/c1-8-18(4,5)20-17(21)13-9-15(22-6)16(23-7)10-14(13)19-11-12(2)3/h1,9-10,12,19H,11H2,2-7H3,(H,20,21). The molecule has 0 bridgehead atoms. The largest absolute Gasteiger partial charge is 0.493 e. The summed E-state index contributed by atoms with van der Waals surface area (Å²) < 4.78 is 10.6. The van der Waals surface area contributed by atoms with Crippen molar-refractivity contribution in [3.05, 3.63) is 17.7 Å². The van der Waals surface area contributed by atoms with Crippen LogP contribution in [0.4, 0.5) is 5.69 Å². The smallest absolute Gasteiger partial charge is 0.254 e. The molecule has 0 aliphatic heterocycles. The van der Waals surface area contributed by atoms with Crippen LogP contribution in [-0.4, -0.2) is 32.2 Å². The summed E-state index contributed by atoms with van der Waals surface area (Å²) in [5, 5.41) is 6.10. The van der Waals surface area contributed by atoms with Gasteiger partial charge in [0.15, 0.2) is 11.5 Å². The van der Waals surface area contributed by atoms with E-state index in [1.807, 2.05) is 0 Å². The summed E-state index contributed by atoms with van der Waals surface area (Å²) in [7, 11) is 3.09. The zero-order valence-corrected chi connectivity index (χ0v) is 14.7. The Morgan fingerprint density at radius 1 is 1.26 bits per heavy atom. The second kappa shape index (κ2) is 7.77. The fourth-order valence-corrected chi connectivity index (χ4v) is 1.91. The van der Waals surface area contributed by atoms with Gasteiger partial charge in [-0.3, -0.25) is 4.79 Å². The minimum absolute atomic E-state index is 0.264. The number of hydrogen-bond donors (Lipinski definition) is 2. The van der Waals surface area contributed by atoms with Crippen LogP contribution in [0.1, 0.15) is 38.1 Å². The molecule has 0 saturated carbocycles. The molecular formula is C18H26N2O3. The molecule has 0 unspecified atom stereocenters. The Morgan fingerprint density at radius 2 is 1.83 bits per heavy atom. The zero-order chi connectivity index (χ0) is 17.6. The number of hydrogen-bond acceptors (Lipinski definition) is 4. The lowest BCUT2D eigenvalue weighted by molar-refractivity contribution is 0.0930. The highest BCUT2D eigenvalue weighted by Gasteiger charge is 2.22. The predicted octanol–water partition coefficient (Wildman–Crippen LogP) is 2.91. The number of ether oxygens (including phenoxy) is 2. The van der Waals surface area contributed by atoms with E-state index in [1.54, 1.807) is 33.1 Å². The minimum Gasteiger partial charge on any atom is -0.493 e. The number of carbonyl (C=O) groups excluding carboxylic acids is 1. The summed E-state index contributed by atoms with van der Waals surface area (Å²) in [6.45, 7) is 8.46. The number of benzene rings is 1. The van der Waals surface area contributed by atoms with Gasteiger partial charge in [0.2, 0.25) is 0 Å². The highest BCUT2D eigenvalue weighted by Crippen LogP contribution is 2.33. The molecule has 23 heavy (non-hydrogen) atoms. The number of carbonyl (C=O) groups is 1. The molecule has 1 aromatic rings. The molecule has 1 aromatic carbocycles. The number of rotatable bonds is 7. The third-order valence-electron chi connectivity index (χ3n) is 3.26. The van der Waals surface area contributed by atoms with Gasteiger partial charge in [-0.05, 0) is 25.8 Å². The second-order valence-corrected chi connectivity index (χ2v) is 6.25. The van der Waals surface area contributed by atoms with Crippen LogP contribution in [0.2, 0.25) is 0 Å². The molecule has 126 valence electrons. The Bertz CT molecular complexity index is 601. The summed E-state index contributed by atoms with van der Waals surface area (Å²) >= 11 is 0. The van der Waals surface area contributed by atoms with Crippen LogP contribution >= 0.6 is 0 Å². The molecule has 5 heteroatoms. The van der Waals surface area contributed by atoms with E-state index in [-0.39, 0.29) is 5.91 Å². The van der Waals surface area contributed by atoms with E-state index in [0.29, 0.717) is 28.7 Å². The molecule has 0 fully saturated rings. The molecule has 0 heterocycles. The van der Waals surface area contributed by atoms with Crippen LogP contribution in [0, 0.1) is 18.3 Å². The zero-order valence-electron chi connectivity index (χ0n) is 14.7. The Kier molecular flexibility index (Phi) is 6.32. The summed E-state index contributed by atoms with van der Waals surface area (Å²) in [4.78, 5) is 12.6. The van der Waals surface area contributed by atoms with Crippen molar-refractivity contribution >= 4 is 11.6 Å². The van der Waals surface area contributed by atoms with Crippen molar-refractivity contribution in [3.8, 4) is 23.8 Å². The molecule has 2 N–H and O–H groups in total. The molecule has 0 aliphatic rings. The lowest BCUT2D eigenvalue weighted by Crippen LogP contribution is -2.42. The SMILES string of the molecule is C#CC(C)(C)NC(=O)c1cc(OC)c(OC)cc1NCC(C)C. The average Bonchev–Trinajstić information content (AvgIpc) is 2.51. The van der Waals surface area contributed by atoms with Gasteiger partial charge in [0.05, 0.1) is 31.0 Å². The van der Waals surface area contributed by atoms with Gasteiger partial charge in [0.1, 0.15) is 0 Å². The van der Waals surface area contributed by atoms with Gasteiger partial charge in [-0.15, -0.1) is 6.42 Å². The Morgan fingerprint density at radius 3 is 2.30 bits per heavy atom. The summed E-state index contributed by atoms with van der Waals surface area (Å²) in [6, 6.07) is 3.42. The van der Waals surface area contributed by atoms with Crippen LogP contribution in [0.25, 0.3) is 0 Å². The average molecular weight is 318 g/mol. The highest BCUT2D eigenvalue weighted by atomic mass is 16.5. The van der Waals surface area contributed by atoms with E-state index in [1.165, 1.54) is 7.11 Å². The highest BCUT2D eigenvalue weighted by molar-refractivity contribution is 6.01. The van der Waals surface area contributed by atoms with Gasteiger partial charge in [-0.2, -0.15) is 0 Å². The Balaban J connectivity index is 3.25. The summed E-state index contributed by atoms with van der Waals surface area (Å²) in [5.41, 5.74) is 0.410. The van der Waals surface area contributed by atoms with E-state index >= 15 is 0 Å². The first-order valence-electron chi connectivity index (χ1n) is 7.54. The van der Waals surface area contributed by atoms with Crippen LogP contribution < -0.4 is 20.1 Å². The molecule has 0 radical (unpaired) electrons. The topological polar surface area (TPSA) is 59.6 Å². The van der Waals surface area contributed by atoms with Crippen LogP contribution in [0.3, 0.4) is 0 Å². The van der Waals surface area contributed by atoms with Gasteiger partial charge >= 0.3 is 0 Å². The summed E-state index contributed by atoms with van der Waals surface area (Å²) in [6.07, 6.45) is 5.45. The first kappa shape index (κ1) is 18.7. The van der Waals surface area contributed by atoms with Crippen molar-refractivity contribution in [2.24, 2.45) is 5.92 Å². The Hall–Kier alpha value is -2.35. The maximum Gasteiger partial charge on any atom is 0.254 e. The van der Waals surface area contributed by atoms with E-state index < -0.39 is 5.54 Å². The third kappa shape index (κ3) is 5.10. The van der Waals surface area contributed by atoms with Crippen molar-refractivity contribution < 1.29 is 14.3 Å². The molecule has 1 amide bonds. The van der Waals surface area contributed by atoms with E-state index in [4.69, 9.17) is 15.9 Å². The van der Waals surface area contributed by atoms with Crippen LogP contribution in [0.5, 0.6) is 11.5 Å².